The van der Waals surface area contributed by atoms with Gasteiger partial charge in [0.05, 0.1) is 0 Å². The summed E-state index contributed by atoms with van der Waals surface area (Å²) in [5, 5.41) is 0. The highest BCUT2D eigenvalue weighted by molar-refractivity contribution is 4.87. The zero-order chi connectivity index (χ0) is 9.28. The van der Waals surface area contributed by atoms with Crippen molar-refractivity contribution >= 4 is 0 Å². The van der Waals surface area contributed by atoms with E-state index in [9.17, 15) is 0 Å². The molecule has 0 heteroatoms. The quantitative estimate of drug-likeness (QED) is 0.529. The third-order valence-corrected chi connectivity index (χ3v) is 1.39. The van der Waals surface area contributed by atoms with Crippen molar-refractivity contribution in [1.82, 2.24) is 0 Å². The van der Waals surface area contributed by atoms with E-state index < -0.39 is 0 Å². The lowest BCUT2D eigenvalue weighted by Crippen LogP contribution is -1.86. The van der Waals surface area contributed by atoms with Crippen LogP contribution in [0.1, 0.15) is 53.9 Å². The molecule has 0 aromatic heterocycles. The summed E-state index contributed by atoms with van der Waals surface area (Å²) in [6, 6.07) is 0. The maximum atomic E-state index is 3.85. The van der Waals surface area contributed by atoms with Gasteiger partial charge in [0.15, 0.2) is 0 Å². The van der Waals surface area contributed by atoms with E-state index >= 15 is 0 Å². The topological polar surface area (TPSA) is 0 Å². The van der Waals surface area contributed by atoms with Gasteiger partial charge < -0.3 is 0 Å². The molecule has 0 rings (SSSR count). The summed E-state index contributed by atoms with van der Waals surface area (Å²) in [6.07, 6.45) is 3.86. The molecule has 0 radical (unpaired) electrons. The van der Waals surface area contributed by atoms with Crippen LogP contribution in [0.25, 0.3) is 0 Å². The Labute approximate surface area is 72.7 Å². The van der Waals surface area contributed by atoms with Crippen molar-refractivity contribution in [2.24, 2.45) is 5.92 Å². The van der Waals surface area contributed by atoms with Crippen molar-refractivity contribution in [2.75, 3.05) is 0 Å². The predicted octanol–water partition coefficient (Wildman–Crippen LogP) is 4.42. The Morgan fingerprint density at radius 1 is 1.27 bits per heavy atom. The summed E-state index contributed by atoms with van der Waals surface area (Å²) < 4.78 is 0. The second kappa shape index (κ2) is 9.74. The number of rotatable bonds is 4. The molecule has 0 atom stereocenters. The summed E-state index contributed by atoms with van der Waals surface area (Å²) in [4.78, 5) is 0. The second-order valence-corrected chi connectivity index (χ2v) is 3.24. The van der Waals surface area contributed by atoms with E-state index in [0.29, 0.717) is 0 Å². The fraction of sp³-hybridized carbons (Fsp3) is 0.818. The standard InChI is InChI=1S/C9H18.C2H6/c1-8(2)6-5-7-9(3)4;1-2/h9H,1,5-7H2,2-4H3;1-2H3. The molecular weight excluding hydrogens is 132 g/mol. The third-order valence-electron chi connectivity index (χ3n) is 1.39. The molecule has 0 saturated heterocycles. The summed E-state index contributed by atoms with van der Waals surface area (Å²) in [7, 11) is 0. The molecule has 0 aliphatic heterocycles. The van der Waals surface area contributed by atoms with Gasteiger partial charge in [-0.25, -0.2) is 0 Å². The molecule has 0 aromatic rings. The van der Waals surface area contributed by atoms with Crippen molar-refractivity contribution in [3.05, 3.63) is 12.2 Å². The highest BCUT2D eigenvalue weighted by Gasteiger charge is 1.92. The van der Waals surface area contributed by atoms with Gasteiger partial charge in [0.25, 0.3) is 0 Å². The fourth-order valence-corrected chi connectivity index (χ4v) is 0.812. The Kier molecular flexibility index (Phi) is 11.8. The van der Waals surface area contributed by atoms with Crippen molar-refractivity contribution in [1.29, 1.82) is 0 Å². The van der Waals surface area contributed by atoms with Gasteiger partial charge in [-0.05, 0) is 25.7 Å². The zero-order valence-electron chi connectivity index (χ0n) is 8.91. The molecule has 0 aliphatic rings. The lowest BCUT2D eigenvalue weighted by molar-refractivity contribution is 0.555. The molecule has 0 aromatic carbocycles. The third kappa shape index (κ3) is 17.7. The van der Waals surface area contributed by atoms with Crippen LogP contribution in [0.2, 0.25) is 0 Å². The van der Waals surface area contributed by atoms with E-state index in [1.165, 1.54) is 24.8 Å². The maximum absolute atomic E-state index is 3.85. The van der Waals surface area contributed by atoms with Crippen LogP contribution in [-0.4, -0.2) is 0 Å². The molecule has 0 heterocycles. The summed E-state index contributed by atoms with van der Waals surface area (Å²) in [5.41, 5.74) is 1.32. The molecule has 0 N–H and O–H groups in total. The van der Waals surface area contributed by atoms with E-state index in [-0.39, 0.29) is 0 Å². The van der Waals surface area contributed by atoms with E-state index in [0.717, 1.165) is 5.92 Å². The normalized spacial score (nSPS) is 8.91. The van der Waals surface area contributed by atoms with Crippen molar-refractivity contribution in [3.8, 4) is 0 Å². The molecular formula is C11H24. The second-order valence-electron chi connectivity index (χ2n) is 3.24. The lowest BCUT2D eigenvalue weighted by atomic mass is 10.0. The van der Waals surface area contributed by atoms with Gasteiger partial charge in [-0.15, -0.1) is 6.58 Å². The first-order chi connectivity index (χ1) is 5.13. The van der Waals surface area contributed by atoms with E-state index in [2.05, 4.69) is 27.4 Å². The smallest absolute Gasteiger partial charge is 0.0326 e. The first-order valence-electron chi connectivity index (χ1n) is 4.77. The first-order valence-corrected chi connectivity index (χ1v) is 4.77. The largest absolute Gasteiger partial charge is 0.100 e. The maximum Gasteiger partial charge on any atom is -0.0326 e. The average Bonchev–Trinajstić information content (AvgIpc) is 1.90. The van der Waals surface area contributed by atoms with Crippen molar-refractivity contribution in [3.63, 3.8) is 0 Å². The Hall–Kier alpha value is -0.260. The highest BCUT2D eigenvalue weighted by Crippen LogP contribution is 2.09. The minimum atomic E-state index is 0.851. The predicted molar refractivity (Wildman–Crippen MR) is 54.9 cm³/mol. The average molecular weight is 156 g/mol. The van der Waals surface area contributed by atoms with Gasteiger partial charge in [0.1, 0.15) is 0 Å². The summed E-state index contributed by atoms with van der Waals surface area (Å²) in [5.74, 6) is 0.851. The number of hydrogen-bond donors (Lipinski definition) is 0. The summed E-state index contributed by atoms with van der Waals surface area (Å²) in [6.45, 7) is 14.5. The number of hydrogen-bond acceptors (Lipinski definition) is 0. The molecule has 0 aliphatic carbocycles. The fourth-order valence-electron chi connectivity index (χ4n) is 0.812. The van der Waals surface area contributed by atoms with Gasteiger partial charge in [0, 0.05) is 0 Å². The molecule has 0 amide bonds. The van der Waals surface area contributed by atoms with Crippen LogP contribution in [0, 0.1) is 5.92 Å². The SMILES string of the molecule is C=C(C)CCCC(C)C.CC. The van der Waals surface area contributed by atoms with Crippen LogP contribution >= 0.6 is 0 Å². The molecule has 68 valence electrons. The molecule has 0 spiro atoms. The van der Waals surface area contributed by atoms with Crippen LogP contribution in [0.5, 0.6) is 0 Å². The van der Waals surface area contributed by atoms with E-state index in [4.69, 9.17) is 0 Å². The Morgan fingerprint density at radius 2 is 1.73 bits per heavy atom. The molecule has 11 heavy (non-hydrogen) atoms. The Morgan fingerprint density at radius 3 is 2.00 bits per heavy atom. The minimum Gasteiger partial charge on any atom is -0.100 e. The van der Waals surface area contributed by atoms with Gasteiger partial charge in [-0.1, -0.05) is 39.7 Å². The monoisotopic (exact) mass is 156 g/mol. The molecule has 0 bridgehead atoms. The summed E-state index contributed by atoms with van der Waals surface area (Å²) >= 11 is 0. The van der Waals surface area contributed by atoms with Crippen LogP contribution in [0.4, 0.5) is 0 Å². The highest BCUT2D eigenvalue weighted by atomic mass is 14.0. The zero-order valence-corrected chi connectivity index (χ0v) is 8.91. The van der Waals surface area contributed by atoms with E-state index in [1.807, 2.05) is 13.8 Å². The van der Waals surface area contributed by atoms with Crippen molar-refractivity contribution in [2.45, 2.75) is 53.9 Å². The van der Waals surface area contributed by atoms with Crippen LogP contribution in [0.15, 0.2) is 12.2 Å². The molecule has 0 nitrogen and oxygen atoms in total. The molecule has 0 unspecified atom stereocenters. The lowest BCUT2D eigenvalue weighted by Gasteiger charge is -2.02. The Bertz CT molecular complexity index is 80.0. The first kappa shape index (κ1) is 13.3. The minimum absolute atomic E-state index is 0.851. The van der Waals surface area contributed by atoms with Crippen LogP contribution in [-0.2, 0) is 0 Å². The van der Waals surface area contributed by atoms with E-state index in [1.54, 1.807) is 0 Å². The van der Waals surface area contributed by atoms with Crippen LogP contribution in [0.3, 0.4) is 0 Å². The van der Waals surface area contributed by atoms with Gasteiger partial charge in [0.2, 0.25) is 0 Å². The number of allylic oxidation sites excluding steroid dienone is 1. The van der Waals surface area contributed by atoms with Gasteiger partial charge >= 0.3 is 0 Å². The van der Waals surface area contributed by atoms with Gasteiger partial charge in [-0.2, -0.15) is 0 Å². The molecule has 0 fully saturated rings. The Balaban J connectivity index is 0. The van der Waals surface area contributed by atoms with Crippen molar-refractivity contribution < 1.29 is 0 Å². The van der Waals surface area contributed by atoms with Crippen LogP contribution < -0.4 is 0 Å². The van der Waals surface area contributed by atoms with Gasteiger partial charge in [-0.3, -0.25) is 0 Å². The molecule has 0 saturated carbocycles.